The predicted octanol–water partition coefficient (Wildman–Crippen LogP) is 7.51. The Kier molecular flexibility index (Phi) is 10.3. The molecule has 2 amide bonds. The number of ether oxygens (including phenoxy) is 1. The Hall–Kier alpha value is -3.70. The number of halogens is 1. The van der Waals surface area contributed by atoms with Gasteiger partial charge in [0.15, 0.2) is 0 Å². The molecular weight excluding hydrogens is 659 g/mol. The van der Waals surface area contributed by atoms with E-state index in [2.05, 4.69) is 28.2 Å². The highest BCUT2D eigenvalue weighted by molar-refractivity contribution is 9.10. The summed E-state index contributed by atoms with van der Waals surface area (Å²) in [4.78, 5) is 29.4. The van der Waals surface area contributed by atoms with Gasteiger partial charge in [-0.3, -0.25) is 14.5 Å². The van der Waals surface area contributed by atoms with E-state index in [9.17, 15) is 19.7 Å². The molecule has 2 heterocycles. The first-order chi connectivity index (χ1) is 22.8. The number of phenolic OH excluding ortho intramolecular Hbond substituents is 1. The van der Waals surface area contributed by atoms with Crippen molar-refractivity contribution in [2.24, 2.45) is 17.8 Å². The lowest BCUT2D eigenvalue weighted by Gasteiger charge is -2.43. The molecular formula is C37H40BBrN2O6. The van der Waals surface area contributed by atoms with Crippen molar-refractivity contribution in [3.05, 3.63) is 99.6 Å². The molecule has 1 aliphatic carbocycles. The predicted molar refractivity (Wildman–Crippen MR) is 188 cm³/mol. The number of anilines is 3. The zero-order chi connectivity index (χ0) is 33.1. The van der Waals surface area contributed by atoms with Crippen LogP contribution in [0.5, 0.6) is 5.75 Å². The zero-order valence-electron chi connectivity index (χ0n) is 26.7. The van der Waals surface area contributed by atoms with Gasteiger partial charge in [0, 0.05) is 28.5 Å². The van der Waals surface area contributed by atoms with E-state index in [0.717, 1.165) is 51.0 Å². The largest absolute Gasteiger partial charge is 0.507 e. The van der Waals surface area contributed by atoms with Gasteiger partial charge in [-0.05, 0) is 104 Å². The van der Waals surface area contributed by atoms with E-state index in [-0.39, 0.29) is 29.8 Å². The molecule has 0 bridgehead atoms. The summed E-state index contributed by atoms with van der Waals surface area (Å²) in [5.41, 5.74) is 6.20. The molecule has 0 unspecified atom stereocenters. The number of carbonyl (C=O) groups is 2. The van der Waals surface area contributed by atoms with Crippen LogP contribution in [-0.2, 0) is 19.0 Å². The third-order valence-corrected chi connectivity index (χ3v) is 9.96. The lowest BCUT2D eigenvalue weighted by molar-refractivity contribution is -0.122. The van der Waals surface area contributed by atoms with Crippen molar-refractivity contribution in [1.29, 1.82) is 0 Å². The van der Waals surface area contributed by atoms with E-state index in [0.29, 0.717) is 31.6 Å². The van der Waals surface area contributed by atoms with Crippen molar-refractivity contribution >= 4 is 58.0 Å². The number of carbonyl (C=O) groups excluding carboxylic acids is 2. The number of nitrogens with one attached hydrogen (secondary N) is 1. The summed E-state index contributed by atoms with van der Waals surface area (Å²) in [7, 11) is 0.581. The van der Waals surface area contributed by atoms with Crippen LogP contribution in [0.1, 0.15) is 44.6 Å². The number of phenols is 1. The highest BCUT2D eigenvalue weighted by atomic mass is 79.9. The Bertz CT molecular complexity index is 1680. The van der Waals surface area contributed by atoms with Gasteiger partial charge in [-0.15, -0.1) is 0 Å². The second-order valence-corrected chi connectivity index (χ2v) is 13.5. The van der Waals surface area contributed by atoms with Crippen LogP contribution in [0.15, 0.2) is 94.0 Å². The zero-order valence-corrected chi connectivity index (χ0v) is 28.3. The Morgan fingerprint density at radius 2 is 1.79 bits per heavy atom. The molecule has 0 aromatic heterocycles. The van der Waals surface area contributed by atoms with Gasteiger partial charge >= 0.3 is 7.12 Å². The number of hydrogen-bond acceptors (Lipinski definition) is 7. The number of fused-ring (bicyclic) bond motifs is 3. The molecule has 6 rings (SSSR count). The first-order valence-electron chi connectivity index (χ1n) is 16.3. The van der Waals surface area contributed by atoms with Crippen LogP contribution >= 0.6 is 15.9 Å². The molecule has 2 aliphatic heterocycles. The number of amides is 2. The number of para-hydroxylation sites is 1. The van der Waals surface area contributed by atoms with Gasteiger partial charge in [0.1, 0.15) is 5.75 Å². The summed E-state index contributed by atoms with van der Waals surface area (Å²) < 4.78 is 12.7. The Morgan fingerprint density at radius 1 is 1.04 bits per heavy atom. The van der Waals surface area contributed by atoms with E-state index < -0.39 is 25.1 Å². The molecule has 244 valence electrons. The summed E-state index contributed by atoms with van der Waals surface area (Å²) in [6.07, 6.45) is 5.33. The first-order valence-corrected chi connectivity index (χ1v) is 17.1. The average molecular weight is 699 g/mol. The third-order valence-electron chi connectivity index (χ3n) is 9.46. The summed E-state index contributed by atoms with van der Waals surface area (Å²) in [6, 6.07) is 22.5. The van der Waals surface area contributed by atoms with E-state index >= 15 is 0 Å². The fourth-order valence-electron chi connectivity index (χ4n) is 7.48. The molecule has 3 aliphatic rings. The molecule has 0 spiro atoms. The minimum Gasteiger partial charge on any atom is -0.507 e. The van der Waals surface area contributed by atoms with Crippen molar-refractivity contribution in [2.75, 3.05) is 23.9 Å². The van der Waals surface area contributed by atoms with Gasteiger partial charge in [0.05, 0.1) is 30.2 Å². The van der Waals surface area contributed by atoms with Crippen molar-refractivity contribution in [3.8, 4) is 5.75 Å². The SMILES string of the molecule is CCC/C(=C\c1cc(Br)ccc1O)CC[C@H]1OB(O)C[C@H]2C1=C(COC)C[C@H]1C(=O)N(c3ccc(Nc4ccccc4)cc3)C(=O)[C@H]12. The van der Waals surface area contributed by atoms with Crippen LogP contribution in [0, 0.1) is 17.8 Å². The third kappa shape index (κ3) is 7.11. The fraction of sp³-hybridized carbons (Fsp3) is 0.351. The fourth-order valence-corrected chi connectivity index (χ4v) is 7.85. The van der Waals surface area contributed by atoms with Crippen LogP contribution in [-0.4, -0.2) is 48.9 Å². The number of nitrogens with zero attached hydrogens (tertiary/aromatic N) is 1. The number of allylic oxidation sites excluding steroid dienone is 1. The topological polar surface area (TPSA) is 108 Å². The Labute approximate surface area is 284 Å². The number of hydrogen-bond donors (Lipinski definition) is 3. The van der Waals surface area contributed by atoms with Crippen LogP contribution in [0.25, 0.3) is 6.08 Å². The van der Waals surface area contributed by atoms with Gasteiger partial charge in [-0.1, -0.05) is 59.1 Å². The molecule has 3 N–H and O–H groups in total. The Balaban J connectivity index is 1.25. The smallest absolute Gasteiger partial charge is 0.455 e. The summed E-state index contributed by atoms with van der Waals surface area (Å²) >= 11 is 3.49. The Morgan fingerprint density at radius 3 is 2.51 bits per heavy atom. The molecule has 2 saturated heterocycles. The second-order valence-electron chi connectivity index (χ2n) is 12.6. The van der Waals surface area contributed by atoms with Gasteiger partial charge in [0.25, 0.3) is 0 Å². The first kappa shape index (κ1) is 33.2. The normalized spacial score (nSPS) is 22.9. The van der Waals surface area contributed by atoms with Crippen LogP contribution < -0.4 is 10.2 Å². The molecule has 47 heavy (non-hydrogen) atoms. The van der Waals surface area contributed by atoms with Crippen LogP contribution in [0.2, 0.25) is 6.32 Å². The highest BCUT2D eigenvalue weighted by Crippen LogP contribution is 2.51. The van der Waals surface area contributed by atoms with Crippen LogP contribution in [0.3, 0.4) is 0 Å². The maximum Gasteiger partial charge on any atom is 0.455 e. The highest BCUT2D eigenvalue weighted by Gasteiger charge is 2.57. The number of imide groups is 1. The molecule has 0 saturated carbocycles. The molecule has 0 radical (unpaired) electrons. The maximum absolute atomic E-state index is 14.1. The van der Waals surface area contributed by atoms with Crippen molar-refractivity contribution in [2.45, 2.75) is 51.5 Å². The summed E-state index contributed by atoms with van der Waals surface area (Å²) in [5.74, 6) is -1.66. The molecule has 3 aromatic carbocycles. The van der Waals surface area contributed by atoms with Gasteiger partial charge in [0.2, 0.25) is 11.8 Å². The number of rotatable bonds is 11. The van der Waals surface area contributed by atoms with E-state index in [1.807, 2.05) is 54.6 Å². The maximum atomic E-state index is 14.1. The monoisotopic (exact) mass is 698 g/mol. The van der Waals surface area contributed by atoms with Gasteiger partial charge < -0.3 is 24.8 Å². The minimum absolute atomic E-state index is 0.212. The van der Waals surface area contributed by atoms with E-state index in [4.69, 9.17) is 9.39 Å². The summed E-state index contributed by atoms with van der Waals surface area (Å²) in [6.45, 7) is 2.45. The summed E-state index contributed by atoms with van der Waals surface area (Å²) in [5, 5.41) is 24.8. The number of methoxy groups -OCH3 is 1. The number of aromatic hydroxyl groups is 1. The van der Waals surface area contributed by atoms with Crippen LogP contribution in [0.4, 0.5) is 17.1 Å². The molecule has 4 atom stereocenters. The van der Waals surface area contributed by atoms with Gasteiger partial charge in [-0.2, -0.15) is 0 Å². The minimum atomic E-state index is -1.05. The standard InChI is InChI=1S/C37H40BBrN2O6/c1-3-7-23(18-24-19-26(39)11-16-32(24)42)10-17-33-34-25(22-46-2)20-30-35(31(34)21-38(45)47-33)37(44)41(36(30)43)29-14-12-28(13-15-29)40-27-8-5-4-6-9-27/h4-6,8-9,11-16,18-19,30-31,33,35,40,42,45H,3,7,10,17,20-22H2,1-2H3/b23-18+/t30-,31+,33-,35-/m1/s1. The second kappa shape index (κ2) is 14.6. The lowest BCUT2D eigenvalue weighted by Crippen LogP contribution is -2.46. The van der Waals surface area contributed by atoms with E-state index in [1.165, 1.54) is 4.90 Å². The molecule has 2 fully saturated rings. The number of benzene rings is 3. The van der Waals surface area contributed by atoms with Crippen molar-refractivity contribution < 1.29 is 29.1 Å². The van der Waals surface area contributed by atoms with Gasteiger partial charge in [-0.25, -0.2) is 0 Å². The lowest BCUT2D eigenvalue weighted by atomic mass is 9.58. The molecule has 10 heteroatoms. The van der Waals surface area contributed by atoms with Crippen molar-refractivity contribution in [1.82, 2.24) is 0 Å². The van der Waals surface area contributed by atoms with Crippen molar-refractivity contribution in [3.63, 3.8) is 0 Å². The molecule has 3 aromatic rings. The van der Waals surface area contributed by atoms with E-state index in [1.54, 1.807) is 31.4 Å². The molecule has 8 nitrogen and oxygen atoms in total. The average Bonchev–Trinajstić information content (AvgIpc) is 3.31. The quantitative estimate of drug-likeness (QED) is 0.108.